The fourth-order valence-corrected chi connectivity index (χ4v) is 2.19. The highest BCUT2D eigenvalue weighted by atomic mass is 16.6. The van der Waals surface area contributed by atoms with Gasteiger partial charge in [-0.25, -0.2) is 4.98 Å². The second-order valence-corrected chi connectivity index (χ2v) is 5.06. The van der Waals surface area contributed by atoms with Gasteiger partial charge in [-0.05, 0) is 13.3 Å². The molecule has 1 aromatic carbocycles. The summed E-state index contributed by atoms with van der Waals surface area (Å²) in [5.41, 5.74) is -0.917. The lowest BCUT2D eigenvalue weighted by Gasteiger charge is -2.08. The van der Waals surface area contributed by atoms with E-state index in [1.54, 1.807) is 18.7 Å². The van der Waals surface area contributed by atoms with Gasteiger partial charge in [-0.3, -0.25) is 25.0 Å². The second-order valence-electron chi connectivity index (χ2n) is 5.06. The number of rotatable bonds is 7. The van der Waals surface area contributed by atoms with E-state index in [2.05, 4.69) is 10.3 Å². The van der Waals surface area contributed by atoms with E-state index in [-0.39, 0.29) is 11.1 Å². The maximum absolute atomic E-state index is 12.2. The Morgan fingerprint density at radius 1 is 1.29 bits per heavy atom. The van der Waals surface area contributed by atoms with Crippen LogP contribution in [0.3, 0.4) is 0 Å². The summed E-state index contributed by atoms with van der Waals surface area (Å²) < 4.78 is 1.84. The maximum Gasteiger partial charge on any atom is 0.279 e. The van der Waals surface area contributed by atoms with E-state index in [9.17, 15) is 25.0 Å². The number of carbonyl (C=O) groups excluding carboxylic acids is 1. The lowest BCUT2D eigenvalue weighted by Crippen LogP contribution is -2.26. The van der Waals surface area contributed by atoms with Gasteiger partial charge in [0.2, 0.25) is 0 Å². The Hall–Kier alpha value is -3.30. The Balaban J connectivity index is 2.09. The van der Waals surface area contributed by atoms with Gasteiger partial charge in [-0.2, -0.15) is 0 Å². The van der Waals surface area contributed by atoms with Crippen LogP contribution in [0.25, 0.3) is 0 Å². The Labute approximate surface area is 136 Å². The molecule has 0 fully saturated rings. The van der Waals surface area contributed by atoms with Crippen LogP contribution < -0.4 is 5.32 Å². The van der Waals surface area contributed by atoms with Crippen molar-refractivity contribution in [2.45, 2.75) is 19.9 Å². The third-order valence-electron chi connectivity index (χ3n) is 3.46. The predicted octanol–water partition coefficient (Wildman–Crippen LogP) is 1.83. The van der Waals surface area contributed by atoms with E-state index in [4.69, 9.17) is 0 Å². The smallest absolute Gasteiger partial charge is 0.279 e. The molecule has 24 heavy (non-hydrogen) atoms. The second kappa shape index (κ2) is 7.31. The third kappa shape index (κ3) is 3.91. The molecule has 1 amide bonds. The summed E-state index contributed by atoms with van der Waals surface area (Å²) in [5, 5.41) is 24.5. The van der Waals surface area contributed by atoms with Crippen molar-refractivity contribution < 1.29 is 14.6 Å². The summed E-state index contributed by atoms with van der Waals surface area (Å²) in [5.74, 6) is -0.579. The van der Waals surface area contributed by atoms with E-state index < -0.39 is 27.1 Å². The highest BCUT2D eigenvalue weighted by Crippen LogP contribution is 2.27. The van der Waals surface area contributed by atoms with Crippen molar-refractivity contribution in [3.8, 4) is 0 Å². The van der Waals surface area contributed by atoms with Crippen LogP contribution in [-0.4, -0.2) is 31.8 Å². The minimum absolute atomic E-state index is 0.0708. The normalized spacial score (nSPS) is 10.4. The van der Waals surface area contributed by atoms with Crippen LogP contribution in [0.15, 0.2) is 30.9 Å². The fourth-order valence-electron chi connectivity index (χ4n) is 2.19. The van der Waals surface area contributed by atoms with Gasteiger partial charge in [0.1, 0.15) is 0 Å². The monoisotopic (exact) mass is 333 g/mol. The molecule has 2 rings (SSSR count). The molecule has 0 aliphatic rings. The highest BCUT2D eigenvalue weighted by molar-refractivity contribution is 5.97. The molecule has 0 saturated heterocycles. The number of nitro groups is 2. The summed E-state index contributed by atoms with van der Waals surface area (Å²) in [6.45, 7) is 2.36. The van der Waals surface area contributed by atoms with Crippen molar-refractivity contribution in [2.75, 3.05) is 6.54 Å². The zero-order valence-electron chi connectivity index (χ0n) is 12.8. The molecule has 1 N–H and O–H groups in total. The lowest BCUT2D eigenvalue weighted by molar-refractivity contribution is -0.394. The molecule has 0 bridgehead atoms. The number of aryl methyl sites for hydroxylation is 1. The molecule has 0 unspecified atom stereocenters. The van der Waals surface area contributed by atoms with E-state index >= 15 is 0 Å². The Kier molecular flexibility index (Phi) is 5.20. The van der Waals surface area contributed by atoms with Gasteiger partial charge >= 0.3 is 0 Å². The molecule has 126 valence electrons. The van der Waals surface area contributed by atoms with Gasteiger partial charge in [0.15, 0.2) is 0 Å². The molecule has 1 heterocycles. The van der Waals surface area contributed by atoms with E-state index in [0.29, 0.717) is 19.5 Å². The summed E-state index contributed by atoms with van der Waals surface area (Å²) in [7, 11) is 0. The third-order valence-corrected chi connectivity index (χ3v) is 3.46. The molecular weight excluding hydrogens is 318 g/mol. The number of nitrogens with zero attached hydrogens (tertiary/aromatic N) is 4. The van der Waals surface area contributed by atoms with Crippen molar-refractivity contribution in [3.05, 3.63) is 62.2 Å². The lowest BCUT2D eigenvalue weighted by atomic mass is 10.0. The number of nitrogens with one attached hydrogen (secondary N) is 1. The Morgan fingerprint density at radius 3 is 2.62 bits per heavy atom. The largest absolute Gasteiger partial charge is 0.352 e. The number of hydrogen-bond donors (Lipinski definition) is 1. The van der Waals surface area contributed by atoms with Crippen LogP contribution in [-0.2, 0) is 6.54 Å². The summed E-state index contributed by atoms with van der Waals surface area (Å²) in [4.78, 5) is 36.5. The van der Waals surface area contributed by atoms with Crippen LogP contribution in [0, 0.1) is 27.2 Å². The summed E-state index contributed by atoms with van der Waals surface area (Å²) in [6, 6.07) is 1.90. The highest BCUT2D eigenvalue weighted by Gasteiger charge is 2.24. The first-order valence-electron chi connectivity index (χ1n) is 7.07. The number of amides is 1. The standard InChI is InChI=1S/C14H15N5O5/c1-10-12(7-11(18(21)22)8-13(10)19(23)24)14(20)16-3-2-5-17-6-4-15-9-17/h4,6-9H,2-3,5H2,1H3,(H,16,20). The molecule has 10 nitrogen and oxygen atoms in total. The number of imidazole rings is 1. The number of hydrogen-bond acceptors (Lipinski definition) is 6. The number of benzene rings is 1. The zero-order valence-corrected chi connectivity index (χ0v) is 12.8. The first-order valence-corrected chi connectivity index (χ1v) is 7.07. The van der Waals surface area contributed by atoms with Crippen molar-refractivity contribution in [1.29, 1.82) is 0 Å². The molecule has 2 aromatic rings. The Bertz CT molecular complexity index is 772. The van der Waals surface area contributed by atoms with Gasteiger partial charge in [-0.1, -0.05) is 0 Å². The first kappa shape index (κ1) is 17.1. The van der Waals surface area contributed by atoms with Crippen molar-refractivity contribution >= 4 is 17.3 Å². The van der Waals surface area contributed by atoms with Crippen LogP contribution in [0.4, 0.5) is 11.4 Å². The maximum atomic E-state index is 12.2. The van der Waals surface area contributed by atoms with Gasteiger partial charge in [0.25, 0.3) is 17.3 Å². The summed E-state index contributed by atoms with van der Waals surface area (Å²) in [6.07, 6.45) is 5.70. The van der Waals surface area contributed by atoms with Gasteiger partial charge in [0.05, 0.1) is 27.8 Å². The summed E-state index contributed by atoms with van der Waals surface area (Å²) >= 11 is 0. The Morgan fingerprint density at radius 2 is 2.04 bits per heavy atom. The topological polar surface area (TPSA) is 133 Å². The average molecular weight is 333 g/mol. The molecule has 1 aromatic heterocycles. The average Bonchev–Trinajstić information content (AvgIpc) is 3.04. The molecule has 0 radical (unpaired) electrons. The first-order chi connectivity index (χ1) is 11.4. The van der Waals surface area contributed by atoms with Gasteiger partial charge < -0.3 is 9.88 Å². The molecule has 0 spiro atoms. The number of non-ortho nitro benzene ring substituents is 1. The molecule has 0 saturated carbocycles. The van der Waals surface area contributed by atoms with E-state index in [0.717, 1.165) is 12.1 Å². The zero-order chi connectivity index (χ0) is 17.7. The predicted molar refractivity (Wildman–Crippen MR) is 83.7 cm³/mol. The minimum Gasteiger partial charge on any atom is -0.352 e. The minimum atomic E-state index is -0.762. The van der Waals surface area contributed by atoms with Crippen molar-refractivity contribution in [3.63, 3.8) is 0 Å². The van der Waals surface area contributed by atoms with Crippen LogP contribution in [0.1, 0.15) is 22.3 Å². The van der Waals surface area contributed by atoms with E-state index in [1.165, 1.54) is 6.92 Å². The number of aromatic nitrogens is 2. The SMILES string of the molecule is Cc1c(C(=O)NCCCn2ccnc2)cc([N+](=O)[O-])cc1[N+](=O)[O-]. The molecule has 0 aliphatic carbocycles. The van der Waals surface area contributed by atoms with Crippen molar-refractivity contribution in [2.24, 2.45) is 0 Å². The van der Waals surface area contributed by atoms with E-state index in [1.807, 2.05) is 4.57 Å². The van der Waals surface area contributed by atoms with Crippen LogP contribution >= 0.6 is 0 Å². The quantitative estimate of drug-likeness (QED) is 0.467. The van der Waals surface area contributed by atoms with Crippen LogP contribution in [0.2, 0.25) is 0 Å². The number of carbonyl (C=O) groups is 1. The molecule has 0 atom stereocenters. The molecule has 0 aliphatic heterocycles. The fraction of sp³-hybridized carbons (Fsp3) is 0.286. The van der Waals surface area contributed by atoms with Gasteiger partial charge in [0, 0.05) is 37.1 Å². The molecule has 10 heteroatoms. The number of nitro benzene ring substituents is 2. The van der Waals surface area contributed by atoms with Gasteiger partial charge in [-0.15, -0.1) is 0 Å². The van der Waals surface area contributed by atoms with Crippen LogP contribution in [0.5, 0.6) is 0 Å². The molecular formula is C14H15N5O5. The van der Waals surface area contributed by atoms with Crippen molar-refractivity contribution in [1.82, 2.24) is 14.9 Å².